The number of carbonyl (C=O) groups is 1. The van der Waals surface area contributed by atoms with Crippen molar-refractivity contribution in [2.24, 2.45) is 0 Å². The van der Waals surface area contributed by atoms with Crippen molar-refractivity contribution in [1.82, 2.24) is 15.1 Å². The van der Waals surface area contributed by atoms with Crippen LogP contribution in [0.2, 0.25) is 0 Å². The Labute approximate surface area is 119 Å². The van der Waals surface area contributed by atoms with Gasteiger partial charge >= 0.3 is 0 Å². The summed E-state index contributed by atoms with van der Waals surface area (Å²) in [4.78, 5) is 13.8. The highest BCUT2D eigenvalue weighted by molar-refractivity contribution is 5.98. The highest BCUT2D eigenvalue weighted by atomic mass is 19.1. The van der Waals surface area contributed by atoms with Crippen LogP contribution in [-0.4, -0.2) is 34.7 Å². The third-order valence-electron chi connectivity index (χ3n) is 3.08. The lowest BCUT2D eigenvalue weighted by atomic mass is 10.1. The maximum atomic E-state index is 13.2. The zero-order valence-electron chi connectivity index (χ0n) is 11.2. The molecular formula is C14H12FN3O3. The van der Waals surface area contributed by atoms with Crippen LogP contribution in [0, 0.1) is 5.82 Å². The quantitative estimate of drug-likeness (QED) is 0.859. The molecule has 2 aromatic rings. The van der Waals surface area contributed by atoms with E-state index in [0.717, 1.165) is 0 Å². The highest BCUT2D eigenvalue weighted by Gasteiger charge is 2.21. The fraction of sp³-hybridized carbons (Fsp3) is 0.214. The van der Waals surface area contributed by atoms with Crippen molar-refractivity contribution in [3.63, 3.8) is 0 Å². The summed E-state index contributed by atoms with van der Waals surface area (Å²) < 4.78 is 23.7. The Morgan fingerprint density at radius 2 is 2.33 bits per heavy atom. The molecule has 6 nitrogen and oxygen atoms in total. The van der Waals surface area contributed by atoms with Gasteiger partial charge in [-0.15, -0.1) is 10.2 Å². The number of fused-ring (bicyclic) bond motifs is 1. The Morgan fingerprint density at radius 1 is 1.48 bits per heavy atom. The normalized spacial score (nSPS) is 13.1. The van der Waals surface area contributed by atoms with Gasteiger partial charge < -0.3 is 14.1 Å². The van der Waals surface area contributed by atoms with Gasteiger partial charge in [0.15, 0.2) is 0 Å². The van der Waals surface area contributed by atoms with E-state index in [0.29, 0.717) is 22.8 Å². The van der Waals surface area contributed by atoms with Crippen molar-refractivity contribution < 1.29 is 18.3 Å². The molecule has 0 unspecified atom stereocenters. The van der Waals surface area contributed by atoms with Crippen LogP contribution < -0.4 is 4.74 Å². The smallest absolute Gasteiger partial charge is 0.253 e. The molecule has 1 amide bonds. The molecule has 0 saturated heterocycles. The molecule has 0 spiro atoms. The number of halogens is 1. The standard InChI is InChI=1S/C14H12FN3O3/c1-18(6-13-17-16-8-21-13)14(19)10-4-9-5-11(15)2-3-12(9)20-7-10/h2-5,8H,6-7H2,1H3. The number of benzene rings is 1. The molecule has 7 heteroatoms. The second kappa shape index (κ2) is 5.35. The number of carbonyl (C=O) groups excluding carboxylic acids is 1. The Morgan fingerprint density at radius 3 is 3.10 bits per heavy atom. The molecular weight excluding hydrogens is 277 g/mol. The molecule has 0 N–H and O–H groups in total. The van der Waals surface area contributed by atoms with Gasteiger partial charge in [0.25, 0.3) is 5.91 Å². The molecule has 0 atom stereocenters. The first-order chi connectivity index (χ1) is 10.1. The predicted molar refractivity (Wildman–Crippen MR) is 70.6 cm³/mol. The van der Waals surface area contributed by atoms with Gasteiger partial charge in [0.2, 0.25) is 12.3 Å². The molecule has 21 heavy (non-hydrogen) atoms. The lowest BCUT2D eigenvalue weighted by Crippen LogP contribution is -2.30. The molecule has 0 radical (unpaired) electrons. The maximum absolute atomic E-state index is 13.2. The second-order valence-electron chi connectivity index (χ2n) is 4.63. The number of rotatable bonds is 3. The van der Waals surface area contributed by atoms with E-state index in [9.17, 15) is 9.18 Å². The van der Waals surface area contributed by atoms with Gasteiger partial charge in [0, 0.05) is 12.6 Å². The van der Waals surface area contributed by atoms with Crippen LogP contribution in [0.1, 0.15) is 11.5 Å². The monoisotopic (exact) mass is 289 g/mol. The Hall–Kier alpha value is -2.70. The van der Waals surface area contributed by atoms with Crippen LogP contribution in [0.15, 0.2) is 34.6 Å². The van der Waals surface area contributed by atoms with Crippen LogP contribution in [0.25, 0.3) is 6.08 Å². The molecule has 0 aliphatic carbocycles. The minimum atomic E-state index is -0.374. The summed E-state index contributed by atoms with van der Waals surface area (Å²) in [7, 11) is 1.62. The van der Waals surface area contributed by atoms with E-state index in [1.807, 2.05) is 0 Å². The van der Waals surface area contributed by atoms with Crippen LogP contribution in [0.4, 0.5) is 4.39 Å². The van der Waals surface area contributed by atoms with E-state index in [4.69, 9.17) is 9.15 Å². The predicted octanol–water partition coefficient (Wildman–Crippen LogP) is 1.64. The number of amides is 1. The van der Waals surface area contributed by atoms with E-state index in [1.54, 1.807) is 19.2 Å². The Kier molecular flexibility index (Phi) is 3.39. The van der Waals surface area contributed by atoms with Crippen LogP contribution in [-0.2, 0) is 11.3 Å². The lowest BCUT2D eigenvalue weighted by molar-refractivity contribution is -0.127. The molecule has 0 saturated carbocycles. The summed E-state index contributed by atoms with van der Waals surface area (Å²) in [5, 5.41) is 7.27. The van der Waals surface area contributed by atoms with Gasteiger partial charge in [-0.3, -0.25) is 4.79 Å². The molecule has 0 fully saturated rings. The number of hydrogen-bond donors (Lipinski definition) is 0. The molecule has 1 aliphatic heterocycles. The number of nitrogens with zero attached hydrogens (tertiary/aromatic N) is 3. The van der Waals surface area contributed by atoms with Gasteiger partial charge in [0.1, 0.15) is 18.2 Å². The molecule has 1 aliphatic rings. The SMILES string of the molecule is CN(Cc1nnco1)C(=O)C1=Cc2cc(F)ccc2OC1. The topological polar surface area (TPSA) is 68.5 Å². The second-order valence-corrected chi connectivity index (χ2v) is 4.63. The van der Waals surface area contributed by atoms with Crippen molar-refractivity contribution in [3.8, 4) is 5.75 Å². The van der Waals surface area contributed by atoms with Crippen LogP contribution in [0.5, 0.6) is 5.75 Å². The average Bonchev–Trinajstić information content (AvgIpc) is 2.98. The summed E-state index contributed by atoms with van der Waals surface area (Å²) in [6, 6.07) is 4.20. The van der Waals surface area contributed by atoms with E-state index in [1.165, 1.54) is 23.4 Å². The van der Waals surface area contributed by atoms with Crippen molar-refractivity contribution in [2.75, 3.05) is 13.7 Å². The molecule has 0 bridgehead atoms. The summed E-state index contributed by atoms with van der Waals surface area (Å²) in [5.74, 6) is 0.298. The van der Waals surface area contributed by atoms with E-state index in [-0.39, 0.29) is 24.9 Å². The van der Waals surface area contributed by atoms with Gasteiger partial charge in [-0.05, 0) is 24.3 Å². The minimum absolute atomic E-state index is 0.144. The third kappa shape index (κ3) is 2.76. The lowest BCUT2D eigenvalue weighted by Gasteiger charge is -2.21. The first kappa shape index (κ1) is 13.3. The Balaban J connectivity index is 1.79. The first-order valence-electron chi connectivity index (χ1n) is 6.27. The average molecular weight is 289 g/mol. The van der Waals surface area contributed by atoms with E-state index in [2.05, 4.69) is 10.2 Å². The zero-order chi connectivity index (χ0) is 14.8. The molecule has 2 heterocycles. The summed E-state index contributed by atoms with van der Waals surface area (Å²) in [6.45, 7) is 0.345. The molecule has 1 aromatic carbocycles. The summed E-state index contributed by atoms with van der Waals surface area (Å²) >= 11 is 0. The van der Waals surface area contributed by atoms with Crippen molar-refractivity contribution >= 4 is 12.0 Å². The number of aromatic nitrogens is 2. The Bertz CT molecular complexity index is 697. The van der Waals surface area contributed by atoms with Gasteiger partial charge in [-0.2, -0.15) is 0 Å². The number of likely N-dealkylation sites (N-methyl/N-ethyl adjacent to an activating group) is 1. The minimum Gasteiger partial charge on any atom is -0.488 e. The molecule has 108 valence electrons. The summed E-state index contributed by atoms with van der Waals surface area (Å²) in [5.41, 5.74) is 0.992. The van der Waals surface area contributed by atoms with Crippen molar-refractivity contribution in [2.45, 2.75) is 6.54 Å². The van der Waals surface area contributed by atoms with Gasteiger partial charge in [-0.1, -0.05) is 0 Å². The summed E-state index contributed by atoms with van der Waals surface area (Å²) in [6.07, 6.45) is 2.84. The van der Waals surface area contributed by atoms with Crippen molar-refractivity contribution in [1.29, 1.82) is 0 Å². The fourth-order valence-corrected chi connectivity index (χ4v) is 2.06. The molecule has 3 rings (SSSR count). The van der Waals surface area contributed by atoms with Crippen molar-refractivity contribution in [3.05, 3.63) is 47.4 Å². The van der Waals surface area contributed by atoms with Gasteiger partial charge in [-0.25, -0.2) is 4.39 Å². The van der Waals surface area contributed by atoms with Gasteiger partial charge in [0.05, 0.1) is 12.1 Å². The fourth-order valence-electron chi connectivity index (χ4n) is 2.06. The zero-order valence-corrected chi connectivity index (χ0v) is 11.2. The first-order valence-corrected chi connectivity index (χ1v) is 6.27. The van der Waals surface area contributed by atoms with Crippen LogP contribution in [0.3, 0.4) is 0 Å². The molecule has 1 aromatic heterocycles. The largest absolute Gasteiger partial charge is 0.488 e. The number of ether oxygens (including phenoxy) is 1. The van der Waals surface area contributed by atoms with Crippen LogP contribution >= 0.6 is 0 Å². The van der Waals surface area contributed by atoms with E-state index >= 15 is 0 Å². The maximum Gasteiger partial charge on any atom is 0.253 e. The van der Waals surface area contributed by atoms with E-state index < -0.39 is 0 Å². The number of hydrogen-bond acceptors (Lipinski definition) is 5. The third-order valence-corrected chi connectivity index (χ3v) is 3.08. The highest BCUT2D eigenvalue weighted by Crippen LogP contribution is 2.27.